The molecule has 16 heavy (non-hydrogen) atoms. The summed E-state index contributed by atoms with van der Waals surface area (Å²) in [6.07, 6.45) is 2.94. The van der Waals surface area contributed by atoms with Crippen molar-refractivity contribution >= 4 is 10.0 Å². The lowest BCUT2D eigenvalue weighted by atomic mass is 10.4. The minimum Gasteiger partial charge on any atom is -0.316 e. The van der Waals surface area contributed by atoms with Crippen LogP contribution in [-0.2, 0) is 10.0 Å². The van der Waals surface area contributed by atoms with Gasteiger partial charge in [-0.25, -0.2) is 13.1 Å². The number of hydrogen-bond acceptors (Lipinski definition) is 4. The van der Waals surface area contributed by atoms with Gasteiger partial charge in [0.05, 0.1) is 0 Å². The third-order valence-electron chi connectivity index (χ3n) is 3.33. The normalized spacial score (nSPS) is 32.4. The molecule has 0 spiro atoms. The molecule has 6 heteroatoms. The molecule has 1 aromatic heterocycles. The SMILES string of the molecule is O=S(=O)(NC1C2CNCC21)c1cccnc1. The molecule has 2 aliphatic rings. The summed E-state index contributed by atoms with van der Waals surface area (Å²) in [4.78, 5) is 4.06. The summed E-state index contributed by atoms with van der Waals surface area (Å²) in [7, 11) is -3.38. The standard InChI is InChI=1S/C10H13N3O2S/c14-16(15,7-2-1-3-11-4-7)13-10-8-5-12-6-9(8)10/h1-4,8-10,12-13H,5-6H2. The highest BCUT2D eigenvalue weighted by molar-refractivity contribution is 7.89. The number of aromatic nitrogens is 1. The Morgan fingerprint density at radius 1 is 1.38 bits per heavy atom. The number of piperidine rings is 1. The van der Waals surface area contributed by atoms with Gasteiger partial charge in [-0.2, -0.15) is 0 Å². The Kier molecular flexibility index (Phi) is 2.24. The van der Waals surface area contributed by atoms with E-state index >= 15 is 0 Å². The van der Waals surface area contributed by atoms with Crippen LogP contribution in [0.4, 0.5) is 0 Å². The van der Waals surface area contributed by atoms with Gasteiger partial charge in [0.15, 0.2) is 0 Å². The Hall–Kier alpha value is -0.980. The summed E-state index contributed by atoms with van der Waals surface area (Å²) in [5.41, 5.74) is 0. The number of pyridine rings is 1. The Labute approximate surface area is 94.3 Å². The van der Waals surface area contributed by atoms with Crippen molar-refractivity contribution in [2.45, 2.75) is 10.9 Å². The van der Waals surface area contributed by atoms with Crippen LogP contribution in [-0.4, -0.2) is 32.5 Å². The van der Waals surface area contributed by atoms with Gasteiger partial charge in [-0.3, -0.25) is 4.98 Å². The summed E-state index contributed by atoms with van der Waals surface area (Å²) in [5.74, 6) is 0.956. The van der Waals surface area contributed by atoms with Crippen LogP contribution in [0.3, 0.4) is 0 Å². The highest BCUT2D eigenvalue weighted by Crippen LogP contribution is 2.42. The maximum Gasteiger partial charge on any atom is 0.242 e. The van der Waals surface area contributed by atoms with Crippen LogP contribution in [0.25, 0.3) is 0 Å². The predicted octanol–water partition coefficient (Wildman–Crippen LogP) is -0.422. The summed E-state index contributed by atoms with van der Waals surface area (Å²) in [6.45, 7) is 1.84. The molecule has 2 atom stereocenters. The average Bonchev–Trinajstić information content (AvgIpc) is 2.76. The van der Waals surface area contributed by atoms with Crippen molar-refractivity contribution in [2.75, 3.05) is 13.1 Å². The van der Waals surface area contributed by atoms with E-state index in [2.05, 4.69) is 15.0 Å². The largest absolute Gasteiger partial charge is 0.316 e. The molecule has 86 valence electrons. The second kappa shape index (κ2) is 3.51. The zero-order valence-electron chi connectivity index (χ0n) is 8.63. The summed E-state index contributed by atoms with van der Waals surface area (Å²) < 4.78 is 26.6. The molecule has 2 N–H and O–H groups in total. The molecule has 2 unspecified atom stereocenters. The number of hydrogen-bond donors (Lipinski definition) is 2. The minimum absolute atomic E-state index is 0.117. The molecule has 1 aromatic rings. The average molecular weight is 239 g/mol. The highest BCUT2D eigenvalue weighted by atomic mass is 32.2. The molecular formula is C10H13N3O2S. The van der Waals surface area contributed by atoms with Crippen molar-refractivity contribution in [1.29, 1.82) is 0 Å². The first-order valence-electron chi connectivity index (χ1n) is 5.31. The molecule has 1 aliphatic heterocycles. The van der Waals surface area contributed by atoms with Gasteiger partial charge in [0.25, 0.3) is 0 Å². The van der Waals surface area contributed by atoms with Crippen LogP contribution >= 0.6 is 0 Å². The quantitative estimate of drug-likeness (QED) is 0.751. The van der Waals surface area contributed by atoms with Crippen LogP contribution in [0.15, 0.2) is 29.4 Å². The Morgan fingerprint density at radius 2 is 2.12 bits per heavy atom. The molecule has 0 bridgehead atoms. The molecular weight excluding hydrogens is 226 g/mol. The maximum absolute atomic E-state index is 11.9. The van der Waals surface area contributed by atoms with E-state index in [-0.39, 0.29) is 10.9 Å². The molecule has 0 aromatic carbocycles. The third kappa shape index (κ3) is 1.63. The summed E-state index contributed by atoms with van der Waals surface area (Å²) in [6, 6.07) is 3.31. The number of fused-ring (bicyclic) bond motifs is 1. The Morgan fingerprint density at radius 3 is 2.75 bits per heavy atom. The van der Waals surface area contributed by atoms with Crippen LogP contribution in [0.2, 0.25) is 0 Å². The van der Waals surface area contributed by atoms with Crippen LogP contribution in [0.1, 0.15) is 0 Å². The molecule has 1 saturated heterocycles. The molecule has 5 nitrogen and oxygen atoms in total. The second-order valence-electron chi connectivity index (χ2n) is 4.32. The van der Waals surface area contributed by atoms with E-state index in [4.69, 9.17) is 0 Å². The van der Waals surface area contributed by atoms with Crippen LogP contribution in [0.5, 0.6) is 0 Å². The zero-order chi connectivity index (χ0) is 11.2. The first-order chi connectivity index (χ1) is 7.68. The van der Waals surface area contributed by atoms with E-state index in [0.717, 1.165) is 13.1 Å². The molecule has 2 fully saturated rings. The van der Waals surface area contributed by atoms with Crippen molar-refractivity contribution < 1.29 is 8.42 Å². The van der Waals surface area contributed by atoms with E-state index in [1.807, 2.05) is 0 Å². The lowest BCUT2D eigenvalue weighted by Gasteiger charge is -2.08. The van der Waals surface area contributed by atoms with Crippen molar-refractivity contribution in [3.05, 3.63) is 24.5 Å². The summed E-state index contributed by atoms with van der Waals surface area (Å²) >= 11 is 0. The first-order valence-corrected chi connectivity index (χ1v) is 6.80. The number of rotatable bonds is 3. The van der Waals surface area contributed by atoms with Crippen molar-refractivity contribution in [2.24, 2.45) is 11.8 Å². The predicted molar refractivity (Wildman–Crippen MR) is 58.2 cm³/mol. The Balaban J connectivity index is 1.75. The zero-order valence-corrected chi connectivity index (χ0v) is 9.44. The molecule has 3 rings (SSSR count). The fraction of sp³-hybridized carbons (Fsp3) is 0.500. The lowest BCUT2D eigenvalue weighted by Crippen LogP contribution is -2.32. The van der Waals surface area contributed by atoms with E-state index in [9.17, 15) is 8.42 Å². The molecule has 2 heterocycles. The number of sulfonamides is 1. The van der Waals surface area contributed by atoms with E-state index < -0.39 is 10.0 Å². The maximum atomic E-state index is 11.9. The smallest absolute Gasteiger partial charge is 0.242 e. The topological polar surface area (TPSA) is 71.1 Å². The van der Waals surface area contributed by atoms with Crippen LogP contribution < -0.4 is 10.0 Å². The minimum atomic E-state index is -3.38. The van der Waals surface area contributed by atoms with Gasteiger partial charge in [0.1, 0.15) is 4.90 Å². The van der Waals surface area contributed by atoms with Crippen molar-refractivity contribution in [1.82, 2.24) is 15.0 Å². The first kappa shape index (κ1) is 10.2. The lowest BCUT2D eigenvalue weighted by molar-refractivity contribution is 0.565. The van der Waals surface area contributed by atoms with Gasteiger partial charge in [0.2, 0.25) is 10.0 Å². The van der Waals surface area contributed by atoms with Gasteiger partial charge in [-0.15, -0.1) is 0 Å². The fourth-order valence-corrected chi connectivity index (χ4v) is 3.65. The van der Waals surface area contributed by atoms with Crippen LogP contribution in [0, 0.1) is 11.8 Å². The van der Waals surface area contributed by atoms with Crippen molar-refractivity contribution in [3.63, 3.8) is 0 Å². The van der Waals surface area contributed by atoms with Crippen molar-refractivity contribution in [3.8, 4) is 0 Å². The number of nitrogens with one attached hydrogen (secondary N) is 2. The van der Waals surface area contributed by atoms with Gasteiger partial charge in [-0.05, 0) is 37.1 Å². The van der Waals surface area contributed by atoms with Gasteiger partial charge in [0, 0.05) is 18.4 Å². The molecule has 0 radical (unpaired) electrons. The second-order valence-corrected chi connectivity index (χ2v) is 6.04. The van der Waals surface area contributed by atoms with E-state index in [1.165, 1.54) is 6.20 Å². The van der Waals surface area contributed by atoms with Gasteiger partial charge < -0.3 is 5.32 Å². The van der Waals surface area contributed by atoms with E-state index in [0.29, 0.717) is 11.8 Å². The molecule has 1 aliphatic carbocycles. The molecule has 0 amide bonds. The third-order valence-corrected chi connectivity index (χ3v) is 4.77. The number of nitrogens with zero attached hydrogens (tertiary/aromatic N) is 1. The fourth-order valence-electron chi connectivity index (χ4n) is 2.35. The molecule has 1 saturated carbocycles. The summed E-state index contributed by atoms with van der Waals surface area (Å²) in [5, 5.41) is 3.23. The highest BCUT2D eigenvalue weighted by Gasteiger charge is 2.54. The Bertz CT molecular complexity index is 478. The van der Waals surface area contributed by atoms with Gasteiger partial charge in [-0.1, -0.05) is 0 Å². The van der Waals surface area contributed by atoms with Gasteiger partial charge >= 0.3 is 0 Å². The van der Waals surface area contributed by atoms with E-state index in [1.54, 1.807) is 18.3 Å². The monoisotopic (exact) mass is 239 g/mol.